The van der Waals surface area contributed by atoms with Gasteiger partial charge >= 0.3 is 0 Å². The Morgan fingerprint density at radius 1 is 1.37 bits per heavy atom. The van der Waals surface area contributed by atoms with Crippen molar-refractivity contribution in [3.63, 3.8) is 0 Å². The number of rotatable bonds is 2. The molecule has 0 amide bonds. The minimum absolute atomic E-state index is 0.0409. The molecule has 1 N–H and O–H groups in total. The maximum absolute atomic E-state index is 11.5. The molecule has 0 saturated heterocycles. The van der Waals surface area contributed by atoms with Crippen LogP contribution in [0.15, 0.2) is 24.3 Å². The third kappa shape index (κ3) is 1.93. The standard InChI is InChI=1S/C18H28O/c1-3-11-17(2)13-14-8-4-5-9-15(14)16-10-6-7-12-18(16,17)19/h3,9,14,16,19H,1,4-8,10-13H2,2H3/t14-,16-,17+,18-/m0/s1. The molecule has 1 heteroatoms. The summed E-state index contributed by atoms with van der Waals surface area (Å²) in [7, 11) is 0. The highest BCUT2D eigenvalue weighted by Gasteiger charge is 2.57. The molecule has 0 spiro atoms. The molecule has 3 rings (SSSR count). The fourth-order valence-electron chi connectivity index (χ4n) is 5.23. The van der Waals surface area contributed by atoms with Gasteiger partial charge in [-0.2, -0.15) is 0 Å². The lowest BCUT2D eigenvalue weighted by Gasteiger charge is -2.59. The van der Waals surface area contributed by atoms with Crippen molar-refractivity contribution in [3.8, 4) is 0 Å². The van der Waals surface area contributed by atoms with Crippen molar-refractivity contribution in [1.82, 2.24) is 0 Å². The molecular formula is C18H28O. The third-order valence-corrected chi connectivity index (χ3v) is 6.22. The highest BCUT2D eigenvalue weighted by molar-refractivity contribution is 5.26. The Kier molecular flexibility index (Phi) is 3.37. The van der Waals surface area contributed by atoms with Crippen molar-refractivity contribution in [3.05, 3.63) is 24.3 Å². The summed E-state index contributed by atoms with van der Waals surface area (Å²) in [5.41, 5.74) is 1.19. The largest absolute Gasteiger partial charge is 0.389 e. The van der Waals surface area contributed by atoms with Gasteiger partial charge in [-0.3, -0.25) is 0 Å². The van der Waals surface area contributed by atoms with Crippen LogP contribution in [-0.2, 0) is 0 Å². The Bertz CT molecular complexity index is 396. The minimum atomic E-state index is -0.473. The van der Waals surface area contributed by atoms with Gasteiger partial charge in [0.05, 0.1) is 5.60 Å². The minimum Gasteiger partial charge on any atom is -0.389 e. The van der Waals surface area contributed by atoms with Gasteiger partial charge in [0.25, 0.3) is 0 Å². The number of hydrogen-bond acceptors (Lipinski definition) is 1. The maximum Gasteiger partial charge on any atom is 0.0769 e. The van der Waals surface area contributed by atoms with Crippen LogP contribution >= 0.6 is 0 Å². The second kappa shape index (κ2) is 4.77. The van der Waals surface area contributed by atoms with Gasteiger partial charge in [-0.25, -0.2) is 0 Å². The van der Waals surface area contributed by atoms with E-state index in [1.165, 1.54) is 38.5 Å². The molecule has 0 bridgehead atoms. The molecule has 2 saturated carbocycles. The second-order valence-corrected chi connectivity index (χ2v) is 7.31. The average Bonchev–Trinajstić information content (AvgIpc) is 2.40. The second-order valence-electron chi connectivity index (χ2n) is 7.31. The van der Waals surface area contributed by atoms with Gasteiger partial charge in [0.15, 0.2) is 0 Å². The van der Waals surface area contributed by atoms with E-state index in [1.807, 2.05) is 6.08 Å². The van der Waals surface area contributed by atoms with E-state index in [4.69, 9.17) is 0 Å². The topological polar surface area (TPSA) is 20.2 Å². The molecule has 0 aromatic rings. The summed E-state index contributed by atoms with van der Waals surface area (Å²) in [5, 5.41) is 11.5. The first-order valence-corrected chi connectivity index (χ1v) is 8.14. The van der Waals surface area contributed by atoms with Crippen LogP contribution in [0.1, 0.15) is 64.7 Å². The van der Waals surface area contributed by atoms with Crippen molar-refractivity contribution in [1.29, 1.82) is 0 Å². The lowest BCUT2D eigenvalue weighted by atomic mass is 9.49. The molecule has 4 atom stereocenters. The average molecular weight is 260 g/mol. The monoisotopic (exact) mass is 260 g/mol. The summed E-state index contributed by atoms with van der Waals surface area (Å²) in [6.45, 7) is 6.26. The maximum atomic E-state index is 11.5. The zero-order chi connectivity index (χ0) is 13.5. The Labute approximate surface area is 117 Å². The highest BCUT2D eigenvalue weighted by Crippen LogP contribution is 2.60. The van der Waals surface area contributed by atoms with Crippen LogP contribution in [0.25, 0.3) is 0 Å². The highest BCUT2D eigenvalue weighted by atomic mass is 16.3. The lowest BCUT2D eigenvalue weighted by molar-refractivity contribution is -0.156. The predicted molar refractivity (Wildman–Crippen MR) is 79.9 cm³/mol. The van der Waals surface area contributed by atoms with E-state index < -0.39 is 5.60 Å². The van der Waals surface area contributed by atoms with Crippen LogP contribution in [0.3, 0.4) is 0 Å². The van der Waals surface area contributed by atoms with E-state index in [-0.39, 0.29) is 5.41 Å². The van der Waals surface area contributed by atoms with E-state index in [9.17, 15) is 5.11 Å². The molecule has 0 radical (unpaired) electrons. The molecule has 0 unspecified atom stereocenters. The van der Waals surface area contributed by atoms with Crippen LogP contribution in [0.5, 0.6) is 0 Å². The van der Waals surface area contributed by atoms with E-state index in [2.05, 4.69) is 19.6 Å². The Hall–Kier alpha value is -0.560. The first-order chi connectivity index (χ1) is 9.11. The predicted octanol–water partition coefficient (Wildman–Crippen LogP) is 4.62. The van der Waals surface area contributed by atoms with Gasteiger partial charge in [0, 0.05) is 11.3 Å². The molecule has 106 valence electrons. The normalized spacial score (nSPS) is 45.9. The first kappa shape index (κ1) is 13.4. The van der Waals surface area contributed by atoms with Gasteiger partial charge in [0.1, 0.15) is 0 Å². The number of hydrogen-bond donors (Lipinski definition) is 1. The molecule has 0 heterocycles. The quantitative estimate of drug-likeness (QED) is 0.718. The van der Waals surface area contributed by atoms with Crippen LogP contribution in [-0.4, -0.2) is 10.7 Å². The Morgan fingerprint density at radius 3 is 3.00 bits per heavy atom. The van der Waals surface area contributed by atoms with Crippen molar-refractivity contribution in [2.45, 2.75) is 70.3 Å². The van der Waals surface area contributed by atoms with Gasteiger partial charge in [-0.15, -0.1) is 6.58 Å². The summed E-state index contributed by atoms with van der Waals surface area (Å²) < 4.78 is 0. The van der Waals surface area contributed by atoms with E-state index in [1.54, 1.807) is 5.57 Å². The summed E-state index contributed by atoms with van der Waals surface area (Å²) in [6, 6.07) is 0. The Morgan fingerprint density at radius 2 is 2.21 bits per heavy atom. The molecule has 0 aromatic heterocycles. The van der Waals surface area contributed by atoms with Crippen molar-refractivity contribution in [2.75, 3.05) is 0 Å². The molecule has 3 aliphatic rings. The van der Waals surface area contributed by atoms with E-state index >= 15 is 0 Å². The fraction of sp³-hybridized carbons (Fsp3) is 0.778. The van der Waals surface area contributed by atoms with Gasteiger partial charge in [-0.05, 0) is 50.9 Å². The molecule has 3 aliphatic carbocycles. The van der Waals surface area contributed by atoms with Crippen molar-refractivity contribution in [2.24, 2.45) is 17.3 Å². The summed E-state index contributed by atoms with van der Waals surface area (Å²) in [6.07, 6.45) is 15.2. The van der Waals surface area contributed by atoms with Crippen LogP contribution in [0, 0.1) is 17.3 Å². The molecule has 1 nitrogen and oxygen atoms in total. The summed E-state index contributed by atoms with van der Waals surface area (Å²) >= 11 is 0. The van der Waals surface area contributed by atoms with Gasteiger partial charge in [0.2, 0.25) is 0 Å². The number of aliphatic hydroxyl groups is 1. The smallest absolute Gasteiger partial charge is 0.0769 e. The van der Waals surface area contributed by atoms with Gasteiger partial charge in [-0.1, -0.05) is 37.5 Å². The first-order valence-electron chi connectivity index (χ1n) is 8.14. The van der Waals surface area contributed by atoms with Crippen LogP contribution in [0.2, 0.25) is 0 Å². The third-order valence-electron chi connectivity index (χ3n) is 6.22. The summed E-state index contributed by atoms with van der Waals surface area (Å²) in [4.78, 5) is 0. The number of allylic oxidation sites excluding steroid dienone is 2. The molecular weight excluding hydrogens is 232 g/mol. The van der Waals surface area contributed by atoms with E-state index in [0.717, 1.165) is 25.2 Å². The Balaban J connectivity index is 2.02. The zero-order valence-electron chi connectivity index (χ0n) is 12.3. The zero-order valence-corrected chi connectivity index (χ0v) is 12.3. The van der Waals surface area contributed by atoms with E-state index in [0.29, 0.717) is 5.92 Å². The van der Waals surface area contributed by atoms with Crippen molar-refractivity contribution >= 4 is 0 Å². The fourth-order valence-corrected chi connectivity index (χ4v) is 5.23. The number of fused-ring (bicyclic) bond motifs is 3. The lowest BCUT2D eigenvalue weighted by Crippen LogP contribution is -2.58. The van der Waals surface area contributed by atoms with Crippen LogP contribution < -0.4 is 0 Å². The molecule has 2 fully saturated rings. The van der Waals surface area contributed by atoms with Gasteiger partial charge < -0.3 is 5.11 Å². The molecule has 19 heavy (non-hydrogen) atoms. The van der Waals surface area contributed by atoms with Crippen molar-refractivity contribution < 1.29 is 5.11 Å². The molecule has 0 aromatic carbocycles. The summed E-state index contributed by atoms with van der Waals surface area (Å²) in [5.74, 6) is 1.17. The van der Waals surface area contributed by atoms with Crippen LogP contribution in [0.4, 0.5) is 0 Å². The SMILES string of the molecule is C=CC[C@]1(C)C[C@@H]2CCCC=C2[C@@H]2CCCC[C@]21O. The molecule has 0 aliphatic heterocycles.